The fraction of sp³-hybridized carbons (Fsp3) is 0.167. The SMILES string of the molecule is Cc1c[c-]cnc1.[Rb+]. The van der Waals surface area contributed by atoms with Crippen molar-refractivity contribution < 1.29 is 58.2 Å². The maximum absolute atomic E-state index is 3.83. The molecule has 1 rings (SSSR count). The summed E-state index contributed by atoms with van der Waals surface area (Å²) in [5.41, 5.74) is 1.16. The van der Waals surface area contributed by atoms with E-state index < -0.39 is 0 Å². The molecule has 0 radical (unpaired) electrons. The Morgan fingerprint density at radius 3 is 2.62 bits per heavy atom. The van der Waals surface area contributed by atoms with Gasteiger partial charge in [-0.1, -0.05) is 12.4 Å². The Bertz CT molecular complexity index is 138. The first kappa shape index (κ1) is 8.96. The molecule has 0 amide bonds. The van der Waals surface area contributed by atoms with Crippen LogP contribution < -0.4 is 58.2 Å². The average Bonchev–Trinajstić information content (AvgIpc) is 1.69. The van der Waals surface area contributed by atoms with Gasteiger partial charge in [-0.3, -0.25) is 0 Å². The number of nitrogens with zero attached hydrogens (tertiary/aromatic N) is 1. The van der Waals surface area contributed by atoms with Gasteiger partial charge in [0, 0.05) is 0 Å². The summed E-state index contributed by atoms with van der Waals surface area (Å²) < 4.78 is 0. The Morgan fingerprint density at radius 1 is 1.62 bits per heavy atom. The van der Waals surface area contributed by atoms with E-state index in [-0.39, 0.29) is 58.2 Å². The van der Waals surface area contributed by atoms with Crippen LogP contribution in [0.25, 0.3) is 0 Å². The topological polar surface area (TPSA) is 12.9 Å². The molecule has 0 unspecified atom stereocenters. The van der Waals surface area contributed by atoms with Crippen LogP contribution in [0, 0.1) is 13.0 Å². The molecule has 8 heavy (non-hydrogen) atoms. The van der Waals surface area contributed by atoms with Crippen LogP contribution in [0.3, 0.4) is 0 Å². The van der Waals surface area contributed by atoms with E-state index in [0.717, 1.165) is 5.56 Å². The molecule has 0 aromatic carbocycles. The molecular formula is C6H6NRb. The van der Waals surface area contributed by atoms with Crippen LogP contribution in [0.2, 0.25) is 0 Å². The first-order chi connectivity index (χ1) is 3.39. The Morgan fingerprint density at radius 2 is 2.38 bits per heavy atom. The first-order valence-corrected chi connectivity index (χ1v) is 2.17. The molecule has 0 aliphatic rings. The fourth-order valence-electron chi connectivity index (χ4n) is 0.404. The molecule has 2 heteroatoms. The second-order valence-corrected chi connectivity index (χ2v) is 1.46. The van der Waals surface area contributed by atoms with E-state index in [1.54, 1.807) is 12.4 Å². The predicted octanol–water partition coefficient (Wildman–Crippen LogP) is -1.81. The van der Waals surface area contributed by atoms with Gasteiger partial charge in [0.05, 0.1) is 0 Å². The number of hydrogen-bond donors (Lipinski definition) is 0. The molecule has 1 aromatic heterocycles. The summed E-state index contributed by atoms with van der Waals surface area (Å²) in [4.78, 5) is 3.83. The minimum Gasteiger partial charge on any atom is -0.304 e. The summed E-state index contributed by atoms with van der Waals surface area (Å²) in [6.07, 6.45) is 3.45. The molecule has 0 spiro atoms. The summed E-state index contributed by atoms with van der Waals surface area (Å²) in [5.74, 6) is 0. The van der Waals surface area contributed by atoms with Crippen LogP contribution in [-0.4, -0.2) is 4.98 Å². The molecule has 1 heterocycles. The Kier molecular flexibility index (Phi) is 5.37. The maximum atomic E-state index is 3.83. The predicted molar refractivity (Wildman–Crippen MR) is 27.8 cm³/mol. The largest absolute Gasteiger partial charge is 1.00 e. The zero-order valence-corrected chi connectivity index (χ0v) is 10.1. The Hall–Kier alpha value is 0.955. The van der Waals surface area contributed by atoms with Crippen molar-refractivity contribution in [2.24, 2.45) is 0 Å². The van der Waals surface area contributed by atoms with Crippen LogP contribution in [0.4, 0.5) is 0 Å². The van der Waals surface area contributed by atoms with Crippen LogP contribution in [0.1, 0.15) is 5.56 Å². The molecule has 36 valence electrons. The molecule has 0 atom stereocenters. The quantitative estimate of drug-likeness (QED) is 0.426. The van der Waals surface area contributed by atoms with Gasteiger partial charge in [-0.15, -0.1) is 6.92 Å². The molecular weight excluding hydrogens is 172 g/mol. The Labute approximate surface area is 98.3 Å². The standard InChI is InChI=1S/C6H6N.Rb/c1-6-3-2-4-7-5-6;/h3-5H,1H3;/q-1;+1. The van der Waals surface area contributed by atoms with E-state index in [2.05, 4.69) is 11.1 Å². The van der Waals surface area contributed by atoms with Crippen molar-refractivity contribution in [2.75, 3.05) is 0 Å². The molecule has 0 bridgehead atoms. The number of pyridine rings is 1. The second-order valence-electron chi connectivity index (χ2n) is 1.46. The number of aromatic nitrogens is 1. The molecule has 0 fully saturated rings. The van der Waals surface area contributed by atoms with Gasteiger partial charge in [0.25, 0.3) is 0 Å². The van der Waals surface area contributed by atoms with Gasteiger partial charge >= 0.3 is 58.2 Å². The first-order valence-electron chi connectivity index (χ1n) is 2.17. The molecule has 0 N–H and O–H groups in total. The zero-order valence-electron chi connectivity index (χ0n) is 5.18. The van der Waals surface area contributed by atoms with E-state index in [1.807, 2.05) is 13.0 Å². The van der Waals surface area contributed by atoms with Gasteiger partial charge in [-0.2, -0.15) is 5.56 Å². The van der Waals surface area contributed by atoms with Gasteiger partial charge in [0.2, 0.25) is 0 Å². The molecule has 1 nitrogen and oxygen atoms in total. The number of rotatable bonds is 0. The van der Waals surface area contributed by atoms with Crippen molar-refractivity contribution in [1.29, 1.82) is 0 Å². The van der Waals surface area contributed by atoms with Crippen LogP contribution in [-0.2, 0) is 0 Å². The van der Waals surface area contributed by atoms with Gasteiger partial charge in [-0.25, -0.2) is 12.1 Å². The van der Waals surface area contributed by atoms with E-state index in [1.165, 1.54) is 0 Å². The third-order valence-corrected chi connectivity index (χ3v) is 0.738. The van der Waals surface area contributed by atoms with E-state index in [9.17, 15) is 0 Å². The summed E-state index contributed by atoms with van der Waals surface area (Å²) in [6, 6.07) is 4.75. The maximum Gasteiger partial charge on any atom is 1.00 e. The zero-order chi connectivity index (χ0) is 5.11. The third kappa shape index (κ3) is 3.08. The summed E-state index contributed by atoms with van der Waals surface area (Å²) in [7, 11) is 0. The summed E-state index contributed by atoms with van der Waals surface area (Å²) >= 11 is 0. The Balaban J connectivity index is 0.000000490. The van der Waals surface area contributed by atoms with Gasteiger partial charge in [0.1, 0.15) is 0 Å². The average molecular weight is 178 g/mol. The van der Waals surface area contributed by atoms with Crippen molar-refractivity contribution in [3.8, 4) is 0 Å². The minimum absolute atomic E-state index is 0. The fourth-order valence-corrected chi connectivity index (χ4v) is 0.404. The molecule has 1 aromatic rings. The second kappa shape index (κ2) is 4.80. The number of aryl methyl sites for hydroxylation is 1. The molecule has 0 aliphatic carbocycles. The van der Waals surface area contributed by atoms with Crippen molar-refractivity contribution in [1.82, 2.24) is 4.98 Å². The smallest absolute Gasteiger partial charge is 0.304 e. The van der Waals surface area contributed by atoms with Gasteiger partial charge in [-0.05, 0) is 0 Å². The van der Waals surface area contributed by atoms with Crippen molar-refractivity contribution >= 4 is 0 Å². The molecule has 0 saturated carbocycles. The van der Waals surface area contributed by atoms with Gasteiger partial charge in [0.15, 0.2) is 0 Å². The normalized spacial score (nSPS) is 7.62. The van der Waals surface area contributed by atoms with E-state index in [4.69, 9.17) is 0 Å². The van der Waals surface area contributed by atoms with Crippen molar-refractivity contribution in [2.45, 2.75) is 6.92 Å². The minimum atomic E-state index is 0. The van der Waals surface area contributed by atoms with E-state index >= 15 is 0 Å². The van der Waals surface area contributed by atoms with Crippen LogP contribution >= 0.6 is 0 Å². The summed E-state index contributed by atoms with van der Waals surface area (Å²) in [6.45, 7) is 1.99. The summed E-state index contributed by atoms with van der Waals surface area (Å²) in [5, 5.41) is 0. The van der Waals surface area contributed by atoms with E-state index in [0.29, 0.717) is 0 Å². The number of hydrogen-bond acceptors (Lipinski definition) is 1. The van der Waals surface area contributed by atoms with Gasteiger partial charge < -0.3 is 4.98 Å². The molecule has 0 saturated heterocycles. The van der Waals surface area contributed by atoms with Crippen LogP contribution in [0.15, 0.2) is 18.5 Å². The monoisotopic (exact) mass is 177 g/mol. The van der Waals surface area contributed by atoms with Crippen molar-refractivity contribution in [3.05, 3.63) is 30.1 Å². The van der Waals surface area contributed by atoms with Crippen molar-refractivity contribution in [3.63, 3.8) is 0 Å². The molecule has 0 aliphatic heterocycles. The third-order valence-electron chi connectivity index (χ3n) is 0.738. The van der Waals surface area contributed by atoms with Crippen LogP contribution in [0.5, 0.6) is 0 Å².